The molecule has 3 rings (SSSR count). The van der Waals surface area contributed by atoms with Crippen molar-refractivity contribution in [2.45, 2.75) is 0 Å². The molecule has 0 aliphatic rings. The molecule has 0 atom stereocenters. The number of hydrogen-bond donors (Lipinski definition) is 0. The Bertz CT molecular complexity index is 970. The highest BCUT2D eigenvalue weighted by Gasteiger charge is 2.12. The van der Waals surface area contributed by atoms with Gasteiger partial charge in [0.2, 0.25) is 0 Å². The molecule has 118 valence electrons. The SMILES string of the molecule is [C-]#[N+]c1cc(OC)ccc1-c1cccc2ccc(C(=O)OC)cc12. The van der Waals surface area contributed by atoms with Crippen molar-refractivity contribution in [2.24, 2.45) is 0 Å². The van der Waals surface area contributed by atoms with E-state index in [0.717, 1.165) is 21.9 Å². The number of benzene rings is 3. The second-order valence-corrected chi connectivity index (χ2v) is 5.23. The van der Waals surface area contributed by atoms with Crippen molar-refractivity contribution in [3.8, 4) is 16.9 Å². The van der Waals surface area contributed by atoms with Crippen LogP contribution >= 0.6 is 0 Å². The third-order valence-corrected chi connectivity index (χ3v) is 3.92. The summed E-state index contributed by atoms with van der Waals surface area (Å²) in [6.45, 7) is 7.45. The van der Waals surface area contributed by atoms with E-state index in [9.17, 15) is 4.79 Å². The van der Waals surface area contributed by atoms with E-state index >= 15 is 0 Å². The molecule has 0 heterocycles. The minimum absolute atomic E-state index is 0.383. The zero-order valence-electron chi connectivity index (χ0n) is 13.4. The Morgan fingerprint density at radius 3 is 2.54 bits per heavy atom. The van der Waals surface area contributed by atoms with Crippen LogP contribution in [-0.2, 0) is 4.74 Å². The van der Waals surface area contributed by atoms with Crippen LogP contribution in [0.25, 0.3) is 26.7 Å². The first kappa shape index (κ1) is 15.6. The topological polar surface area (TPSA) is 39.9 Å². The van der Waals surface area contributed by atoms with Gasteiger partial charge in [-0.3, -0.25) is 0 Å². The maximum absolute atomic E-state index is 11.8. The summed E-state index contributed by atoms with van der Waals surface area (Å²) in [5, 5.41) is 1.89. The predicted octanol–water partition coefficient (Wildman–Crippen LogP) is 4.85. The molecule has 3 aromatic rings. The summed E-state index contributed by atoms with van der Waals surface area (Å²) >= 11 is 0. The van der Waals surface area contributed by atoms with Gasteiger partial charge in [-0.1, -0.05) is 30.3 Å². The minimum Gasteiger partial charge on any atom is -0.498 e. The molecule has 0 N–H and O–H groups in total. The number of nitrogens with zero attached hydrogens (tertiary/aromatic N) is 1. The molecule has 0 unspecified atom stereocenters. The largest absolute Gasteiger partial charge is 0.498 e. The van der Waals surface area contributed by atoms with E-state index in [1.165, 1.54) is 7.11 Å². The molecule has 0 radical (unpaired) electrons. The van der Waals surface area contributed by atoms with Crippen molar-refractivity contribution in [2.75, 3.05) is 14.2 Å². The van der Waals surface area contributed by atoms with Crippen LogP contribution in [-0.4, -0.2) is 20.2 Å². The fourth-order valence-corrected chi connectivity index (χ4v) is 2.71. The smallest absolute Gasteiger partial charge is 0.337 e. The van der Waals surface area contributed by atoms with Crippen LogP contribution in [0.3, 0.4) is 0 Å². The van der Waals surface area contributed by atoms with Gasteiger partial charge < -0.3 is 9.47 Å². The first-order valence-corrected chi connectivity index (χ1v) is 7.35. The number of fused-ring (bicyclic) bond motifs is 1. The van der Waals surface area contributed by atoms with E-state index in [2.05, 4.69) is 4.85 Å². The summed E-state index contributed by atoms with van der Waals surface area (Å²) < 4.78 is 10.00. The average molecular weight is 317 g/mol. The minimum atomic E-state index is -0.383. The van der Waals surface area contributed by atoms with Gasteiger partial charge in [0.05, 0.1) is 26.4 Å². The summed E-state index contributed by atoms with van der Waals surface area (Å²) in [4.78, 5) is 15.4. The number of esters is 1. The number of carbonyl (C=O) groups excluding carboxylic acids is 1. The van der Waals surface area contributed by atoms with Crippen LogP contribution in [0, 0.1) is 6.57 Å². The van der Waals surface area contributed by atoms with Gasteiger partial charge in [-0.2, -0.15) is 0 Å². The Labute approximate surface area is 140 Å². The molecule has 24 heavy (non-hydrogen) atoms. The van der Waals surface area contributed by atoms with Crippen LogP contribution in [0.4, 0.5) is 5.69 Å². The van der Waals surface area contributed by atoms with Gasteiger partial charge in [-0.15, -0.1) is 0 Å². The lowest BCUT2D eigenvalue weighted by Gasteiger charge is -2.11. The first-order chi connectivity index (χ1) is 11.7. The predicted molar refractivity (Wildman–Crippen MR) is 93.5 cm³/mol. The highest BCUT2D eigenvalue weighted by atomic mass is 16.5. The van der Waals surface area contributed by atoms with Crippen molar-refractivity contribution in [1.29, 1.82) is 0 Å². The van der Waals surface area contributed by atoms with Crippen LogP contribution in [0.5, 0.6) is 5.75 Å². The summed E-state index contributed by atoms with van der Waals surface area (Å²) in [6.07, 6.45) is 0. The molecule has 0 aromatic heterocycles. The molecular formula is C20H15NO3. The molecule has 0 saturated heterocycles. The average Bonchev–Trinajstić information content (AvgIpc) is 2.65. The van der Waals surface area contributed by atoms with Crippen LogP contribution in [0.15, 0.2) is 54.6 Å². The van der Waals surface area contributed by atoms with Gasteiger partial charge in [-0.25, -0.2) is 9.64 Å². The number of hydrogen-bond acceptors (Lipinski definition) is 3. The second kappa shape index (κ2) is 6.43. The lowest BCUT2D eigenvalue weighted by atomic mass is 9.95. The zero-order valence-corrected chi connectivity index (χ0v) is 13.4. The van der Waals surface area contributed by atoms with Crippen molar-refractivity contribution in [3.05, 3.63) is 71.6 Å². The van der Waals surface area contributed by atoms with Gasteiger partial charge in [0, 0.05) is 0 Å². The van der Waals surface area contributed by atoms with Crippen molar-refractivity contribution in [1.82, 2.24) is 0 Å². The molecule has 0 saturated carbocycles. The van der Waals surface area contributed by atoms with E-state index in [-0.39, 0.29) is 5.97 Å². The Morgan fingerprint density at radius 2 is 1.83 bits per heavy atom. The summed E-state index contributed by atoms with van der Waals surface area (Å²) in [6, 6.07) is 16.7. The third kappa shape index (κ3) is 2.68. The van der Waals surface area contributed by atoms with E-state index in [0.29, 0.717) is 17.0 Å². The number of ether oxygens (including phenoxy) is 2. The van der Waals surface area contributed by atoms with E-state index in [4.69, 9.17) is 16.0 Å². The quantitative estimate of drug-likeness (QED) is 0.512. The fourth-order valence-electron chi connectivity index (χ4n) is 2.71. The van der Waals surface area contributed by atoms with Crippen LogP contribution in [0.1, 0.15) is 10.4 Å². The monoisotopic (exact) mass is 317 g/mol. The number of methoxy groups -OCH3 is 2. The molecule has 0 amide bonds. The molecule has 0 spiro atoms. The van der Waals surface area contributed by atoms with Crippen molar-refractivity contribution < 1.29 is 14.3 Å². The maximum atomic E-state index is 11.8. The van der Waals surface area contributed by atoms with Crippen LogP contribution in [0.2, 0.25) is 0 Å². The molecule has 0 aliphatic carbocycles. The third-order valence-electron chi connectivity index (χ3n) is 3.92. The standard InChI is InChI=1S/C20H15NO3/c1-21-19-12-15(23-2)9-10-17(19)16-6-4-5-13-7-8-14(11-18(13)16)20(22)24-3/h4-12H,2-3H3. The Hall–Kier alpha value is -3.32. The van der Waals surface area contributed by atoms with E-state index in [1.807, 2.05) is 36.4 Å². The normalized spacial score (nSPS) is 10.2. The van der Waals surface area contributed by atoms with Crippen LogP contribution < -0.4 is 4.74 Å². The maximum Gasteiger partial charge on any atom is 0.337 e. The fraction of sp³-hybridized carbons (Fsp3) is 0.100. The molecule has 0 bridgehead atoms. The molecule has 0 fully saturated rings. The molecule has 0 aliphatic heterocycles. The lowest BCUT2D eigenvalue weighted by molar-refractivity contribution is 0.0601. The second-order valence-electron chi connectivity index (χ2n) is 5.23. The van der Waals surface area contributed by atoms with E-state index < -0.39 is 0 Å². The Balaban J connectivity index is 2.26. The Kier molecular flexibility index (Phi) is 4.17. The van der Waals surface area contributed by atoms with Crippen molar-refractivity contribution >= 4 is 22.4 Å². The molecular weight excluding hydrogens is 302 g/mol. The van der Waals surface area contributed by atoms with Gasteiger partial charge in [0.25, 0.3) is 0 Å². The highest BCUT2D eigenvalue weighted by Crippen LogP contribution is 2.37. The van der Waals surface area contributed by atoms with Gasteiger partial charge in [0.1, 0.15) is 5.75 Å². The molecule has 4 nitrogen and oxygen atoms in total. The molecule has 4 heteroatoms. The summed E-state index contributed by atoms with van der Waals surface area (Å²) in [5.41, 5.74) is 2.69. The first-order valence-electron chi connectivity index (χ1n) is 7.35. The van der Waals surface area contributed by atoms with Gasteiger partial charge >= 0.3 is 5.97 Å². The highest BCUT2D eigenvalue weighted by molar-refractivity contribution is 6.03. The van der Waals surface area contributed by atoms with Gasteiger partial charge in [-0.05, 0) is 46.2 Å². The zero-order chi connectivity index (χ0) is 17.1. The van der Waals surface area contributed by atoms with Crippen molar-refractivity contribution in [3.63, 3.8) is 0 Å². The Morgan fingerprint density at radius 1 is 1.00 bits per heavy atom. The van der Waals surface area contributed by atoms with E-state index in [1.54, 1.807) is 25.3 Å². The number of carbonyl (C=O) groups is 1. The van der Waals surface area contributed by atoms with Gasteiger partial charge in [0.15, 0.2) is 5.69 Å². The molecule has 3 aromatic carbocycles. The summed E-state index contributed by atoms with van der Waals surface area (Å²) in [7, 11) is 2.93. The lowest BCUT2D eigenvalue weighted by Crippen LogP contribution is -2.00. The number of rotatable bonds is 3. The summed E-state index contributed by atoms with van der Waals surface area (Å²) in [5.74, 6) is 0.257.